The SMILES string of the molecule is CCOc1ccc(C=NNc2nc(C)cs2)cc1OCC. The fourth-order valence-corrected chi connectivity index (χ4v) is 2.35. The molecule has 0 aliphatic carbocycles. The van der Waals surface area contributed by atoms with Crippen LogP contribution in [-0.2, 0) is 0 Å². The van der Waals surface area contributed by atoms with Crippen molar-refractivity contribution in [3.8, 4) is 11.5 Å². The first-order valence-electron chi connectivity index (χ1n) is 6.83. The van der Waals surface area contributed by atoms with E-state index in [9.17, 15) is 0 Å². The number of nitrogens with one attached hydrogen (secondary N) is 1. The average Bonchev–Trinajstić information content (AvgIpc) is 2.88. The summed E-state index contributed by atoms with van der Waals surface area (Å²) in [5.41, 5.74) is 4.83. The molecule has 0 atom stereocenters. The molecule has 0 unspecified atom stereocenters. The predicted octanol–water partition coefficient (Wildman–Crippen LogP) is 3.69. The highest BCUT2D eigenvalue weighted by atomic mass is 32.1. The van der Waals surface area contributed by atoms with Gasteiger partial charge in [0.25, 0.3) is 0 Å². The summed E-state index contributed by atoms with van der Waals surface area (Å²) in [6, 6.07) is 5.74. The first-order valence-corrected chi connectivity index (χ1v) is 7.71. The van der Waals surface area contributed by atoms with Crippen molar-refractivity contribution in [3.63, 3.8) is 0 Å². The van der Waals surface area contributed by atoms with E-state index < -0.39 is 0 Å². The summed E-state index contributed by atoms with van der Waals surface area (Å²) >= 11 is 1.52. The number of benzene rings is 1. The van der Waals surface area contributed by atoms with Gasteiger partial charge in [0.1, 0.15) is 0 Å². The van der Waals surface area contributed by atoms with E-state index in [0.29, 0.717) is 13.2 Å². The van der Waals surface area contributed by atoms with E-state index in [1.54, 1.807) is 6.21 Å². The van der Waals surface area contributed by atoms with Gasteiger partial charge in [-0.2, -0.15) is 5.10 Å². The molecule has 2 rings (SSSR count). The third-order valence-corrected chi connectivity index (χ3v) is 3.43. The van der Waals surface area contributed by atoms with Crippen LogP contribution in [0.3, 0.4) is 0 Å². The molecule has 6 heteroatoms. The highest BCUT2D eigenvalue weighted by Crippen LogP contribution is 2.28. The van der Waals surface area contributed by atoms with Gasteiger partial charge in [-0.3, -0.25) is 5.43 Å². The van der Waals surface area contributed by atoms with E-state index in [1.807, 2.05) is 44.4 Å². The van der Waals surface area contributed by atoms with Crippen molar-refractivity contribution in [2.45, 2.75) is 20.8 Å². The van der Waals surface area contributed by atoms with E-state index in [1.165, 1.54) is 11.3 Å². The maximum Gasteiger partial charge on any atom is 0.203 e. The van der Waals surface area contributed by atoms with Crippen LogP contribution in [0.25, 0.3) is 0 Å². The van der Waals surface area contributed by atoms with Gasteiger partial charge in [-0.05, 0) is 44.5 Å². The Bertz CT molecular complexity index is 611. The van der Waals surface area contributed by atoms with Crippen LogP contribution in [0.5, 0.6) is 11.5 Å². The molecule has 1 aromatic heterocycles. The number of aromatic nitrogens is 1. The smallest absolute Gasteiger partial charge is 0.203 e. The Morgan fingerprint density at radius 3 is 2.67 bits per heavy atom. The summed E-state index contributed by atoms with van der Waals surface area (Å²) < 4.78 is 11.1. The molecule has 2 aromatic rings. The molecule has 0 fully saturated rings. The zero-order chi connectivity index (χ0) is 15.1. The minimum atomic E-state index is 0.595. The molecular weight excluding hydrogens is 286 g/mol. The predicted molar refractivity (Wildman–Crippen MR) is 86.8 cm³/mol. The number of hydrogen-bond donors (Lipinski definition) is 1. The molecule has 1 aromatic carbocycles. The third kappa shape index (κ3) is 4.46. The monoisotopic (exact) mass is 305 g/mol. The molecule has 0 bridgehead atoms. The second-order valence-corrected chi connectivity index (χ2v) is 5.09. The van der Waals surface area contributed by atoms with Gasteiger partial charge in [0.05, 0.1) is 25.1 Å². The maximum atomic E-state index is 5.58. The van der Waals surface area contributed by atoms with Gasteiger partial charge in [-0.25, -0.2) is 4.98 Å². The Labute approximate surface area is 128 Å². The Balaban J connectivity index is 2.07. The minimum absolute atomic E-state index is 0.595. The van der Waals surface area contributed by atoms with Crippen molar-refractivity contribution in [2.24, 2.45) is 5.10 Å². The lowest BCUT2D eigenvalue weighted by Crippen LogP contribution is -1.99. The summed E-state index contributed by atoms with van der Waals surface area (Å²) in [4.78, 5) is 4.28. The highest BCUT2D eigenvalue weighted by molar-refractivity contribution is 7.13. The molecule has 0 aliphatic heterocycles. The van der Waals surface area contributed by atoms with Gasteiger partial charge in [0, 0.05) is 5.38 Å². The zero-order valence-electron chi connectivity index (χ0n) is 12.4. The van der Waals surface area contributed by atoms with Crippen molar-refractivity contribution in [1.82, 2.24) is 4.98 Å². The summed E-state index contributed by atoms with van der Waals surface area (Å²) in [5, 5.41) is 6.93. The van der Waals surface area contributed by atoms with E-state index in [0.717, 1.165) is 27.9 Å². The molecule has 1 heterocycles. The number of thiazole rings is 1. The standard InChI is InChI=1S/C15H19N3O2S/c1-4-19-13-7-6-12(8-14(13)20-5-2)9-16-18-15-17-11(3)10-21-15/h6-10H,4-5H2,1-3H3,(H,17,18). The number of hydrogen-bond acceptors (Lipinski definition) is 6. The van der Waals surface area contributed by atoms with E-state index >= 15 is 0 Å². The summed E-state index contributed by atoms with van der Waals surface area (Å²) in [6.45, 7) is 7.05. The van der Waals surface area contributed by atoms with Crippen molar-refractivity contribution >= 4 is 22.7 Å². The molecule has 112 valence electrons. The molecule has 1 N–H and O–H groups in total. The molecule has 0 saturated heterocycles. The molecular formula is C15H19N3O2S. The Kier molecular flexibility index (Phi) is 5.57. The Morgan fingerprint density at radius 1 is 1.24 bits per heavy atom. The van der Waals surface area contributed by atoms with Gasteiger partial charge in [0.15, 0.2) is 11.5 Å². The Hall–Kier alpha value is -2.08. The second-order valence-electron chi connectivity index (χ2n) is 4.24. The van der Waals surface area contributed by atoms with Crippen LogP contribution in [-0.4, -0.2) is 24.4 Å². The molecule has 0 amide bonds. The van der Waals surface area contributed by atoms with E-state index in [4.69, 9.17) is 9.47 Å². The zero-order valence-corrected chi connectivity index (χ0v) is 13.2. The number of anilines is 1. The van der Waals surface area contributed by atoms with Crippen LogP contribution in [0.2, 0.25) is 0 Å². The van der Waals surface area contributed by atoms with Crippen LogP contribution in [0, 0.1) is 6.92 Å². The average molecular weight is 305 g/mol. The largest absolute Gasteiger partial charge is 0.490 e. The third-order valence-electron chi connectivity index (χ3n) is 2.56. The van der Waals surface area contributed by atoms with Gasteiger partial charge < -0.3 is 9.47 Å². The van der Waals surface area contributed by atoms with Crippen LogP contribution in [0.15, 0.2) is 28.7 Å². The minimum Gasteiger partial charge on any atom is -0.490 e. The van der Waals surface area contributed by atoms with Crippen LogP contribution in [0.1, 0.15) is 25.1 Å². The molecule has 21 heavy (non-hydrogen) atoms. The fourth-order valence-electron chi connectivity index (χ4n) is 1.72. The van der Waals surface area contributed by atoms with Gasteiger partial charge in [0.2, 0.25) is 5.13 Å². The second kappa shape index (κ2) is 7.64. The normalized spacial score (nSPS) is 10.8. The lowest BCUT2D eigenvalue weighted by atomic mass is 10.2. The number of rotatable bonds is 7. The lowest BCUT2D eigenvalue weighted by molar-refractivity contribution is 0.288. The molecule has 0 radical (unpaired) electrons. The topological polar surface area (TPSA) is 55.7 Å². The lowest BCUT2D eigenvalue weighted by Gasteiger charge is -2.11. The first kappa shape index (κ1) is 15.3. The number of ether oxygens (including phenoxy) is 2. The molecule has 0 saturated carbocycles. The van der Waals surface area contributed by atoms with E-state index in [-0.39, 0.29) is 0 Å². The molecule has 0 spiro atoms. The molecule has 0 aliphatic rings. The molecule has 5 nitrogen and oxygen atoms in total. The number of aryl methyl sites for hydroxylation is 1. The number of nitrogens with zero attached hydrogens (tertiary/aromatic N) is 2. The van der Waals surface area contributed by atoms with Crippen molar-refractivity contribution in [2.75, 3.05) is 18.6 Å². The summed E-state index contributed by atoms with van der Waals surface area (Å²) in [5.74, 6) is 1.48. The van der Waals surface area contributed by atoms with Gasteiger partial charge in [-0.15, -0.1) is 11.3 Å². The van der Waals surface area contributed by atoms with Crippen LogP contribution in [0.4, 0.5) is 5.13 Å². The van der Waals surface area contributed by atoms with Crippen molar-refractivity contribution in [1.29, 1.82) is 0 Å². The first-order chi connectivity index (χ1) is 10.2. The van der Waals surface area contributed by atoms with Crippen molar-refractivity contribution < 1.29 is 9.47 Å². The van der Waals surface area contributed by atoms with Crippen LogP contribution < -0.4 is 14.9 Å². The maximum absolute atomic E-state index is 5.58. The van der Waals surface area contributed by atoms with Gasteiger partial charge >= 0.3 is 0 Å². The summed E-state index contributed by atoms with van der Waals surface area (Å²) in [6.07, 6.45) is 1.73. The highest BCUT2D eigenvalue weighted by Gasteiger charge is 2.05. The van der Waals surface area contributed by atoms with Crippen molar-refractivity contribution in [3.05, 3.63) is 34.8 Å². The quantitative estimate of drug-likeness (QED) is 0.626. The van der Waals surface area contributed by atoms with Crippen LogP contribution >= 0.6 is 11.3 Å². The summed E-state index contributed by atoms with van der Waals surface area (Å²) in [7, 11) is 0. The fraction of sp³-hybridized carbons (Fsp3) is 0.333. The Morgan fingerprint density at radius 2 is 2.00 bits per heavy atom. The van der Waals surface area contributed by atoms with Gasteiger partial charge in [-0.1, -0.05) is 0 Å². The number of hydrazone groups is 1. The van der Waals surface area contributed by atoms with E-state index in [2.05, 4.69) is 15.5 Å².